The molecule has 46 heavy (non-hydrogen) atoms. The first-order chi connectivity index (χ1) is 21.5. The average molecular weight is 656 g/mol. The molecule has 10 N–H and O–H groups in total. The Morgan fingerprint density at radius 2 is 1.59 bits per heavy atom. The molecule has 3 aliphatic rings. The molecule has 0 spiro atoms. The topological polar surface area (TPSA) is 277 Å². The van der Waals surface area contributed by atoms with Crippen molar-refractivity contribution in [3.05, 3.63) is 46.2 Å². The molecule has 254 valence electrons. The Morgan fingerprint density at radius 1 is 1.00 bits per heavy atom. The van der Waals surface area contributed by atoms with Crippen molar-refractivity contribution in [2.75, 3.05) is 47.1 Å². The molecule has 0 saturated heterocycles. The Kier molecular flexibility index (Phi) is 10.5. The molecule has 0 heterocycles. The number of hydrogen-bond donors (Lipinski definition) is 10. The number of carbonyl (C=O) groups is 3. The number of nitrogens with zero attached hydrogens (tertiary/aromatic N) is 4. The van der Waals surface area contributed by atoms with E-state index in [1.165, 1.54) is 36.0 Å². The molecular formula is C27H37N5O14. The molecule has 4 rings (SSSR count). The highest BCUT2D eigenvalue weighted by molar-refractivity contribution is 6.25. The SMILES string of the molecule is C[C@H]1c2cccc(O)c2C(O)=C2C(=O)[C@]3(O)C(O)=C(C(=O)NCN(CCON(O)O)CCON(O)O)C(=O)[C@@H](N(C)C)[C@@H]3[C@@H](O)[C@@H]21. The van der Waals surface area contributed by atoms with Crippen molar-refractivity contribution in [2.24, 2.45) is 11.8 Å². The zero-order chi connectivity index (χ0) is 34.2. The summed E-state index contributed by atoms with van der Waals surface area (Å²) >= 11 is 0. The van der Waals surface area contributed by atoms with E-state index >= 15 is 0 Å². The first-order valence-electron chi connectivity index (χ1n) is 14.0. The van der Waals surface area contributed by atoms with Crippen LogP contribution in [0.1, 0.15) is 24.0 Å². The zero-order valence-corrected chi connectivity index (χ0v) is 25.0. The number of aliphatic hydroxyl groups excluding tert-OH is 3. The maximum absolute atomic E-state index is 14.2. The van der Waals surface area contributed by atoms with Crippen molar-refractivity contribution in [1.82, 2.24) is 25.9 Å². The molecule has 19 nitrogen and oxygen atoms in total. The first-order valence-corrected chi connectivity index (χ1v) is 14.0. The largest absolute Gasteiger partial charge is 0.508 e. The number of phenols is 1. The van der Waals surface area contributed by atoms with Crippen LogP contribution in [-0.4, -0.2) is 149 Å². The highest BCUT2D eigenvalue weighted by atomic mass is 17.1. The minimum absolute atomic E-state index is 0.0922. The third-order valence-corrected chi connectivity index (χ3v) is 8.67. The fraction of sp³-hybridized carbons (Fsp3) is 0.519. The van der Waals surface area contributed by atoms with Crippen molar-refractivity contribution in [3.63, 3.8) is 0 Å². The van der Waals surface area contributed by atoms with Gasteiger partial charge in [0.15, 0.2) is 11.4 Å². The van der Waals surface area contributed by atoms with Gasteiger partial charge in [0.05, 0.1) is 54.3 Å². The van der Waals surface area contributed by atoms with E-state index in [0.29, 0.717) is 5.56 Å². The van der Waals surface area contributed by atoms with Crippen molar-refractivity contribution in [3.8, 4) is 5.75 Å². The fourth-order valence-electron chi connectivity index (χ4n) is 6.60. The molecule has 0 aliphatic heterocycles. The average Bonchev–Trinajstić information content (AvgIpc) is 2.97. The van der Waals surface area contributed by atoms with Crippen LogP contribution < -0.4 is 5.32 Å². The number of fused-ring (bicyclic) bond motifs is 3. The smallest absolute Gasteiger partial charge is 0.259 e. The molecule has 0 bridgehead atoms. The lowest BCUT2D eigenvalue weighted by Crippen LogP contribution is -2.70. The Labute approximate surface area is 261 Å². The number of ketones is 2. The molecule has 3 aliphatic carbocycles. The van der Waals surface area contributed by atoms with Crippen LogP contribution in [0.3, 0.4) is 0 Å². The van der Waals surface area contributed by atoms with Gasteiger partial charge in [0.1, 0.15) is 22.8 Å². The molecule has 6 atom stereocenters. The quantitative estimate of drug-likeness (QED) is 0.0690. The van der Waals surface area contributed by atoms with Gasteiger partial charge in [-0.05, 0) is 31.6 Å². The van der Waals surface area contributed by atoms with E-state index in [2.05, 4.69) is 15.0 Å². The van der Waals surface area contributed by atoms with Crippen LogP contribution in [0.5, 0.6) is 5.75 Å². The van der Waals surface area contributed by atoms with Crippen molar-refractivity contribution in [2.45, 2.75) is 30.6 Å². The van der Waals surface area contributed by atoms with Crippen LogP contribution in [0.2, 0.25) is 0 Å². The summed E-state index contributed by atoms with van der Waals surface area (Å²) in [5, 5.41) is 93.1. The van der Waals surface area contributed by atoms with E-state index in [-0.39, 0.29) is 37.6 Å². The minimum atomic E-state index is -3.06. The van der Waals surface area contributed by atoms with E-state index in [9.17, 15) is 39.9 Å². The summed E-state index contributed by atoms with van der Waals surface area (Å²) in [4.78, 5) is 53.0. The fourth-order valence-corrected chi connectivity index (χ4v) is 6.60. The number of carbonyl (C=O) groups excluding carboxylic acids is 3. The van der Waals surface area contributed by atoms with Gasteiger partial charge in [-0.15, -0.1) is 0 Å². The van der Waals surface area contributed by atoms with E-state index in [0.717, 1.165) is 0 Å². The Morgan fingerprint density at radius 3 is 2.13 bits per heavy atom. The molecular weight excluding hydrogens is 618 g/mol. The van der Waals surface area contributed by atoms with Gasteiger partial charge in [0.25, 0.3) is 5.91 Å². The van der Waals surface area contributed by atoms with Crippen LogP contribution >= 0.6 is 0 Å². The summed E-state index contributed by atoms with van der Waals surface area (Å²) < 4.78 is 0. The van der Waals surface area contributed by atoms with E-state index in [4.69, 9.17) is 20.8 Å². The van der Waals surface area contributed by atoms with Crippen molar-refractivity contribution in [1.29, 1.82) is 0 Å². The third-order valence-electron chi connectivity index (χ3n) is 8.67. The van der Waals surface area contributed by atoms with Gasteiger partial charge in [-0.25, -0.2) is 9.68 Å². The standard InChI is InChI=1S/C27H37N5O14/c1-12-13-5-4-6-14(33)16(13)21(34)17-15(12)22(35)19-20(29(2)3)23(36)18(25(38)27(19,40)24(17)37)26(39)28-11-30(7-9-45-31(41)42)8-10-46-32(43)44/h4-6,12,15,19-20,22,33-35,38,40-44H,7-11H2,1-3H3,(H,28,39)/t12-,15+,19+,20-,22-,27-/m0/s1. The number of hydrogen-bond acceptors (Lipinski definition) is 18. The summed E-state index contributed by atoms with van der Waals surface area (Å²) in [6, 6.07) is 2.88. The molecule has 1 saturated carbocycles. The van der Waals surface area contributed by atoms with Crippen LogP contribution in [0.15, 0.2) is 35.1 Å². The number of phenolic OH excluding ortho intramolecular Hbond substituents is 1. The highest BCUT2D eigenvalue weighted by Crippen LogP contribution is 2.56. The summed E-state index contributed by atoms with van der Waals surface area (Å²) in [6.45, 7) is 0.232. The Bertz CT molecular complexity index is 1420. The van der Waals surface area contributed by atoms with Crippen LogP contribution in [0.25, 0.3) is 5.76 Å². The number of Topliss-reactive ketones (excluding diaryl/α,β-unsaturated/α-hetero) is 2. The maximum atomic E-state index is 14.2. The lowest BCUT2D eigenvalue weighted by atomic mass is 9.54. The van der Waals surface area contributed by atoms with E-state index < -0.39 is 93.1 Å². The van der Waals surface area contributed by atoms with Crippen LogP contribution in [0, 0.1) is 11.8 Å². The normalized spacial score (nSPS) is 27.9. The number of aromatic hydroxyl groups is 1. The molecule has 1 aromatic rings. The van der Waals surface area contributed by atoms with Gasteiger partial charge in [-0.1, -0.05) is 19.1 Å². The second-order valence-electron chi connectivity index (χ2n) is 11.4. The monoisotopic (exact) mass is 655 g/mol. The van der Waals surface area contributed by atoms with Crippen molar-refractivity contribution < 1.29 is 70.4 Å². The van der Waals surface area contributed by atoms with Crippen molar-refractivity contribution >= 4 is 23.2 Å². The summed E-state index contributed by atoms with van der Waals surface area (Å²) in [6.07, 6.45) is -1.71. The highest BCUT2D eigenvalue weighted by Gasteiger charge is 2.68. The van der Waals surface area contributed by atoms with E-state index in [1.807, 2.05) is 0 Å². The molecule has 1 amide bonds. The number of amides is 1. The molecule has 1 fully saturated rings. The zero-order valence-electron chi connectivity index (χ0n) is 25.0. The van der Waals surface area contributed by atoms with Gasteiger partial charge in [0.2, 0.25) is 5.78 Å². The van der Waals surface area contributed by atoms with E-state index in [1.54, 1.807) is 13.0 Å². The molecule has 19 heteroatoms. The number of likely N-dealkylation sites (N-methyl/N-ethyl adjacent to an activating group) is 1. The van der Waals surface area contributed by atoms with Crippen LogP contribution in [-0.2, 0) is 24.1 Å². The van der Waals surface area contributed by atoms with Gasteiger partial charge in [-0.3, -0.25) is 45.0 Å². The predicted octanol–water partition coefficient (Wildman–Crippen LogP) is -1.59. The van der Waals surface area contributed by atoms with Gasteiger partial charge in [-0.2, -0.15) is 0 Å². The molecule has 0 aromatic heterocycles. The minimum Gasteiger partial charge on any atom is -0.508 e. The van der Waals surface area contributed by atoms with Gasteiger partial charge < -0.3 is 30.8 Å². The Hall–Kier alpha value is -3.57. The lowest BCUT2D eigenvalue weighted by Gasteiger charge is -2.53. The molecule has 1 aromatic carbocycles. The number of rotatable bonds is 12. The molecule has 0 radical (unpaired) electrons. The van der Waals surface area contributed by atoms with Crippen LogP contribution in [0.4, 0.5) is 0 Å². The second kappa shape index (κ2) is 13.7. The Balaban J connectivity index is 1.74. The second-order valence-corrected chi connectivity index (χ2v) is 11.4. The lowest BCUT2D eigenvalue weighted by molar-refractivity contribution is -0.493. The third kappa shape index (κ3) is 6.11. The summed E-state index contributed by atoms with van der Waals surface area (Å²) in [7, 11) is 2.83. The molecule has 0 unspecified atom stereocenters. The first kappa shape index (κ1) is 35.3. The van der Waals surface area contributed by atoms with Gasteiger partial charge >= 0.3 is 0 Å². The summed E-state index contributed by atoms with van der Waals surface area (Å²) in [5.41, 5.74) is -4.23. The van der Waals surface area contributed by atoms with Gasteiger partial charge in [0, 0.05) is 24.6 Å². The number of benzene rings is 1. The summed E-state index contributed by atoms with van der Waals surface area (Å²) in [5.74, 6) is -9.52. The number of aliphatic hydroxyl groups is 4. The predicted molar refractivity (Wildman–Crippen MR) is 148 cm³/mol. The number of nitrogens with one attached hydrogen (secondary N) is 1. The maximum Gasteiger partial charge on any atom is 0.259 e.